The maximum Gasteiger partial charge on any atom is 1.00 e. The molecule has 0 aliphatic carbocycles. The zero-order chi connectivity index (χ0) is 23.3. The molecule has 1 aromatic carbocycles. The van der Waals surface area contributed by atoms with Gasteiger partial charge in [0.1, 0.15) is 12.4 Å². The van der Waals surface area contributed by atoms with E-state index in [1.165, 1.54) is 44.9 Å². The van der Waals surface area contributed by atoms with Crippen molar-refractivity contribution in [1.82, 2.24) is 0 Å². The zero-order valence-corrected chi connectivity index (χ0v) is 23.8. The van der Waals surface area contributed by atoms with Gasteiger partial charge in [0.05, 0.1) is 52.2 Å². The number of aliphatic hydroxyl groups excluding tert-OH is 1. The number of benzene rings is 1. The number of hydrogen-bond donors (Lipinski definition) is 1. The summed E-state index contributed by atoms with van der Waals surface area (Å²) in [6, 6.07) is 5.30. The predicted octanol–water partition coefficient (Wildman–Crippen LogP) is 0.158. The van der Waals surface area contributed by atoms with Crippen molar-refractivity contribution < 1.29 is 85.3 Å². The van der Waals surface area contributed by atoms with Crippen LogP contribution in [0.1, 0.15) is 74.2 Å². The van der Waals surface area contributed by atoms with Crippen LogP contribution in [0.3, 0.4) is 0 Å². The Morgan fingerprint density at radius 2 is 1.36 bits per heavy atom. The summed E-state index contributed by atoms with van der Waals surface area (Å²) in [5.74, 6) is -0.916. The van der Waals surface area contributed by atoms with Crippen LogP contribution in [0.25, 0.3) is 0 Å². The smallest absolute Gasteiger partial charge is 0.545 e. The third-order valence-electron chi connectivity index (χ3n) is 5.05. The van der Waals surface area contributed by atoms with Crippen molar-refractivity contribution in [2.75, 3.05) is 52.9 Å². The summed E-state index contributed by atoms with van der Waals surface area (Å²) in [5.41, 5.74) is 1.09. The Bertz CT molecular complexity index is 598. The fraction of sp³-hybridized carbons (Fsp3) is 0.720. The van der Waals surface area contributed by atoms with E-state index in [1.54, 1.807) is 12.1 Å². The molecule has 0 atom stereocenters. The molecule has 184 valence electrons. The van der Waals surface area contributed by atoms with E-state index < -0.39 is 5.97 Å². The van der Waals surface area contributed by atoms with E-state index in [4.69, 9.17) is 24.1 Å². The number of hydrogen-bond acceptors (Lipinski definition) is 7. The minimum atomic E-state index is -1.23. The summed E-state index contributed by atoms with van der Waals surface area (Å²) >= 11 is 0. The van der Waals surface area contributed by atoms with Crippen molar-refractivity contribution in [2.24, 2.45) is 0 Å². The number of carboxylic acids is 1. The van der Waals surface area contributed by atoms with Crippen LogP contribution in [0.2, 0.25) is 0 Å². The molecule has 0 amide bonds. The fourth-order valence-corrected chi connectivity index (χ4v) is 3.30. The Kier molecular flexibility index (Phi) is 23.7. The van der Waals surface area contributed by atoms with E-state index in [2.05, 4.69) is 6.92 Å². The van der Waals surface area contributed by atoms with Gasteiger partial charge in [-0.15, -0.1) is 0 Å². The Balaban J connectivity index is 0.0000102. The van der Waals surface area contributed by atoms with Crippen LogP contribution < -0.4 is 61.2 Å². The van der Waals surface area contributed by atoms with Crippen LogP contribution in [0.15, 0.2) is 18.2 Å². The third kappa shape index (κ3) is 18.0. The second-order valence-corrected chi connectivity index (χ2v) is 7.75. The summed E-state index contributed by atoms with van der Waals surface area (Å²) in [6.45, 7) is 4.84. The number of aryl methyl sites for hydroxylation is 1. The third-order valence-corrected chi connectivity index (χ3v) is 5.05. The molecule has 0 saturated carbocycles. The van der Waals surface area contributed by atoms with Crippen LogP contribution >= 0.6 is 0 Å². The second kappa shape index (κ2) is 23.7. The minimum Gasteiger partial charge on any atom is -0.545 e. The molecule has 8 heteroatoms. The maximum absolute atomic E-state index is 11.5. The molecule has 0 saturated heterocycles. The Morgan fingerprint density at radius 3 is 1.94 bits per heavy atom. The molecular formula is C25H41KO7. The molecule has 1 N–H and O–H groups in total. The van der Waals surface area contributed by atoms with Crippen molar-refractivity contribution in [3.05, 3.63) is 29.3 Å². The van der Waals surface area contributed by atoms with Gasteiger partial charge in [-0.1, -0.05) is 57.9 Å². The molecule has 0 aromatic heterocycles. The van der Waals surface area contributed by atoms with Gasteiger partial charge in [-0.25, -0.2) is 0 Å². The van der Waals surface area contributed by atoms with Crippen molar-refractivity contribution in [3.63, 3.8) is 0 Å². The van der Waals surface area contributed by atoms with Gasteiger partial charge in [-0.2, -0.15) is 0 Å². The number of aliphatic hydroxyl groups is 1. The van der Waals surface area contributed by atoms with Crippen LogP contribution in [-0.4, -0.2) is 63.9 Å². The van der Waals surface area contributed by atoms with E-state index >= 15 is 0 Å². The van der Waals surface area contributed by atoms with Crippen molar-refractivity contribution in [2.45, 2.75) is 64.7 Å². The predicted molar refractivity (Wildman–Crippen MR) is 122 cm³/mol. The SMILES string of the molecule is CCCCCCCCCCc1ccc(OCCOCCOCCOCCO)c(C(=O)[O-])c1.[K+]. The first-order chi connectivity index (χ1) is 15.7. The molecule has 0 unspecified atom stereocenters. The van der Waals surface area contributed by atoms with Gasteiger partial charge in [0.15, 0.2) is 0 Å². The summed E-state index contributed by atoms with van der Waals surface area (Å²) in [6.07, 6.45) is 10.8. The van der Waals surface area contributed by atoms with Gasteiger partial charge >= 0.3 is 51.4 Å². The number of carbonyl (C=O) groups excluding carboxylic acids is 1. The Labute approximate surface area is 241 Å². The Hall–Kier alpha value is -0.0336. The molecule has 0 fully saturated rings. The molecule has 33 heavy (non-hydrogen) atoms. The Morgan fingerprint density at radius 1 is 0.818 bits per heavy atom. The van der Waals surface area contributed by atoms with E-state index in [0.717, 1.165) is 18.4 Å². The average Bonchev–Trinajstić information content (AvgIpc) is 2.79. The van der Waals surface area contributed by atoms with Crippen molar-refractivity contribution in [1.29, 1.82) is 0 Å². The zero-order valence-electron chi connectivity index (χ0n) is 20.6. The van der Waals surface area contributed by atoms with Crippen LogP contribution in [0.5, 0.6) is 5.75 Å². The van der Waals surface area contributed by atoms with Gasteiger partial charge in [0.25, 0.3) is 0 Å². The monoisotopic (exact) mass is 492 g/mol. The van der Waals surface area contributed by atoms with Gasteiger partial charge in [-0.05, 0) is 30.5 Å². The van der Waals surface area contributed by atoms with Crippen molar-refractivity contribution >= 4 is 5.97 Å². The number of aromatic carboxylic acids is 1. The average molecular weight is 493 g/mol. The summed E-state index contributed by atoms with van der Waals surface area (Å²) in [5, 5.41) is 20.1. The number of unbranched alkanes of at least 4 members (excludes halogenated alkanes) is 7. The number of ether oxygens (including phenoxy) is 4. The topological polar surface area (TPSA) is 97.3 Å². The van der Waals surface area contributed by atoms with E-state index in [-0.39, 0.29) is 70.2 Å². The standard InChI is InChI=1S/C25H42O7.K/c1-2-3-4-5-6-7-8-9-10-22-11-12-24(23(21-22)25(27)28)32-20-19-31-18-17-30-16-15-29-14-13-26;/h11-12,21,26H,2-10,13-20H2,1H3,(H,27,28);/q;+1/p-1. The first kappa shape index (κ1) is 33.0. The van der Waals surface area contributed by atoms with Gasteiger partial charge in [0, 0.05) is 5.56 Å². The van der Waals surface area contributed by atoms with E-state index in [9.17, 15) is 9.90 Å². The molecule has 0 aliphatic rings. The normalized spacial score (nSPS) is 10.7. The van der Waals surface area contributed by atoms with Gasteiger partial charge < -0.3 is 34.0 Å². The van der Waals surface area contributed by atoms with Crippen molar-refractivity contribution in [3.8, 4) is 5.75 Å². The molecule has 1 aromatic rings. The van der Waals surface area contributed by atoms with Crippen LogP contribution in [0, 0.1) is 0 Å². The van der Waals surface area contributed by atoms with E-state index in [1.807, 2.05) is 6.07 Å². The molecule has 0 radical (unpaired) electrons. The molecule has 0 spiro atoms. The summed E-state index contributed by atoms with van der Waals surface area (Å²) in [7, 11) is 0. The summed E-state index contributed by atoms with van der Waals surface area (Å²) in [4.78, 5) is 11.5. The summed E-state index contributed by atoms with van der Waals surface area (Å²) < 4.78 is 21.4. The first-order valence-electron chi connectivity index (χ1n) is 12.0. The van der Waals surface area contributed by atoms with E-state index in [0.29, 0.717) is 45.4 Å². The van der Waals surface area contributed by atoms with Gasteiger partial charge in [-0.3, -0.25) is 0 Å². The maximum atomic E-state index is 11.5. The number of carboxylic acid groups (broad SMARTS) is 1. The van der Waals surface area contributed by atoms with Crippen LogP contribution in [0.4, 0.5) is 0 Å². The van der Waals surface area contributed by atoms with Crippen LogP contribution in [-0.2, 0) is 20.6 Å². The molecule has 0 aliphatic heterocycles. The second-order valence-electron chi connectivity index (χ2n) is 7.75. The number of rotatable bonds is 22. The molecule has 7 nitrogen and oxygen atoms in total. The molecule has 1 rings (SSSR count). The molecular weight excluding hydrogens is 451 g/mol. The fourth-order valence-electron chi connectivity index (χ4n) is 3.30. The molecule has 0 heterocycles. The molecule has 0 bridgehead atoms. The largest absolute Gasteiger partial charge is 1.00 e. The minimum absolute atomic E-state index is 0. The van der Waals surface area contributed by atoms with Gasteiger partial charge in [0.2, 0.25) is 0 Å². The first-order valence-corrected chi connectivity index (χ1v) is 12.0. The number of carbonyl (C=O) groups is 1. The quantitative estimate of drug-likeness (QED) is 0.182.